The first kappa shape index (κ1) is 15.6. The molecular formula is C17H20N2OS. The third kappa shape index (κ3) is 4.60. The molecule has 0 radical (unpaired) electrons. The average Bonchev–Trinajstić information content (AvgIpc) is 2.53. The van der Waals surface area contributed by atoms with Gasteiger partial charge in [0.05, 0.1) is 17.5 Å². The number of thiol groups is 1. The van der Waals surface area contributed by atoms with Crippen LogP contribution in [0.1, 0.15) is 23.7 Å². The van der Waals surface area contributed by atoms with Crippen LogP contribution in [0.25, 0.3) is 0 Å². The fourth-order valence-corrected chi connectivity index (χ4v) is 2.47. The van der Waals surface area contributed by atoms with E-state index >= 15 is 0 Å². The van der Waals surface area contributed by atoms with Crippen LogP contribution in [0.3, 0.4) is 0 Å². The second-order valence-corrected chi connectivity index (χ2v) is 5.51. The molecule has 1 N–H and O–H groups in total. The minimum Gasteiger partial charge on any atom is -0.349 e. The van der Waals surface area contributed by atoms with Crippen molar-refractivity contribution in [3.63, 3.8) is 0 Å². The van der Waals surface area contributed by atoms with Gasteiger partial charge in [-0.3, -0.25) is 9.78 Å². The molecule has 1 unspecified atom stereocenters. The Morgan fingerprint density at radius 1 is 1.24 bits per heavy atom. The lowest BCUT2D eigenvalue weighted by molar-refractivity contribution is -0.120. The summed E-state index contributed by atoms with van der Waals surface area (Å²) in [5.74, 6) is -0.0603. The van der Waals surface area contributed by atoms with Crippen molar-refractivity contribution >= 4 is 18.5 Å². The van der Waals surface area contributed by atoms with Crippen LogP contribution in [0.2, 0.25) is 0 Å². The second-order valence-electron chi connectivity index (χ2n) is 4.89. The van der Waals surface area contributed by atoms with Crippen LogP contribution in [0.5, 0.6) is 0 Å². The van der Waals surface area contributed by atoms with E-state index in [9.17, 15) is 4.79 Å². The van der Waals surface area contributed by atoms with E-state index in [-0.39, 0.29) is 11.2 Å². The average molecular weight is 300 g/mol. The van der Waals surface area contributed by atoms with Gasteiger partial charge >= 0.3 is 0 Å². The van der Waals surface area contributed by atoms with Gasteiger partial charge in [0.2, 0.25) is 5.91 Å². The number of aryl methyl sites for hydroxylation is 1. The summed E-state index contributed by atoms with van der Waals surface area (Å²) < 4.78 is 0. The largest absolute Gasteiger partial charge is 0.349 e. The number of carbonyl (C=O) groups excluding carboxylic acids is 1. The van der Waals surface area contributed by atoms with Gasteiger partial charge in [0, 0.05) is 6.20 Å². The molecule has 1 heterocycles. The van der Waals surface area contributed by atoms with Crippen LogP contribution in [0.15, 0.2) is 48.7 Å². The summed E-state index contributed by atoms with van der Waals surface area (Å²) in [5, 5.41) is 2.57. The lowest BCUT2D eigenvalue weighted by Crippen LogP contribution is -2.32. The fraction of sp³-hybridized carbons (Fsp3) is 0.294. The Kier molecular flexibility index (Phi) is 5.81. The maximum atomic E-state index is 12.1. The molecular weight excluding hydrogens is 280 g/mol. The van der Waals surface area contributed by atoms with Gasteiger partial charge in [-0.25, -0.2) is 0 Å². The summed E-state index contributed by atoms with van der Waals surface area (Å²) >= 11 is 4.40. The summed E-state index contributed by atoms with van der Waals surface area (Å²) in [5.41, 5.74) is 3.20. The molecule has 4 heteroatoms. The number of carbonyl (C=O) groups is 1. The van der Waals surface area contributed by atoms with Crippen LogP contribution in [-0.2, 0) is 24.2 Å². The number of amides is 1. The van der Waals surface area contributed by atoms with E-state index in [1.165, 1.54) is 0 Å². The molecule has 0 aliphatic rings. The highest BCUT2D eigenvalue weighted by molar-refractivity contribution is 7.81. The summed E-state index contributed by atoms with van der Waals surface area (Å²) in [6.45, 7) is 2.54. The number of pyridine rings is 1. The summed E-state index contributed by atoms with van der Waals surface area (Å²) in [6, 6.07) is 13.9. The molecule has 1 amide bonds. The molecule has 3 nitrogen and oxygen atoms in total. The van der Waals surface area contributed by atoms with Crippen LogP contribution < -0.4 is 5.32 Å². The third-order valence-corrected chi connectivity index (χ3v) is 3.79. The Bertz CT molecular complexity index is 586. The number of rotatable bonds is 6. The van der Waals surface area contributed by atoms with Crippen molar-refractivity contribution < 1.29 is 4.79 Å². The minimum atomic E-state index is -0.346. The van der Waals surface area contributed by atoms with Crippen molar-refractivity contribution in [3.05, 3.63) is 65.5 Å². The van der Waals surface area contributed by atoms with Crippen LogP contribution >= 0.6 is 12.6 Å². The van der Waals surface area contributed by atoms with Crippen molar-refractivity contribution in [2.75, 3.05) is 0 Å². The normalized spacial score (nSPS) is 11.9. The maximum absolute atomic E-state index is 12.1. The van der Waals surface area contributed by atoms with Crippen LogP contribution in [-0.4, -0.2) is 16.1 Å². The van der Waals surface area contributed by atoms with Crippen molar-refractivity contribution in [2.45, 2.75) is 31.6 Å². The van der Waals surface area contributed by atoms with E-state index < -0.39 is 0 Å². The van der Waals surface area contributed by atoms with E-state index in [1.54, 1.807) is 6.20 Å². The number of benzene rings is 1. The topological polar surface area (TPSA) is 42.0 Å². The summed E-state index contributed by atoms with van der Waals surface area (Å²) in [4.78, 5) is 16.4. The van der Waals surface area contributed by atoms with Crippen molar-refractivity contribution in [1.82, 2.24) is 10.3 Å². The molecule has 1 atom stereocenters. The molecule has 0 saturated heterocycles. The predicted molar refractivity (Wildman–Crippen MR) is 88.4 cm³/mol. The Hall–Kier alpha value is -1.81. The van der Waals surface area contributed by atoms with Gasteiger partial charge in [-0.05, 0) is 30.0 Å². The zero-order chi connectivity index (χ0) is 15.1. The molecule has 2 aromatic rings. The number of nitrogens with one attached hydrogen (secondary N) is 1. The Morgan fingerprint density at radius 2 is 2.00 bits per heavy atom. The van der Waals surface area contributed by atoms with Gasteiger partial charge in [-0.15, -0.1) is 0 Å². The quantitative estimate of drug-likeness (QED) is 0.806. The number of hydrogen-bond acceptors (Lipinski definition) is 3. The first-order valence-electron chi connectivity index (χ1n) is 7.13. The molecule has 0 aliphatic heterocycles. The van der Waals surface area contributed by atoms with Gasteiger partial charge in [0.1, 0.15) is 0 Å². The molecule has 110 valence electrons. The van der Waals surface area contributed by atoms with Crippen LogP contribution in [0, 0.1) is 0 Å². The van der Waals surface area contributed by atoms with E-state index in [0.717, 1.165) is 23.2 Å². The minimum absolute atomic E-state index is 0.0603. The zero-order valence-corrected chi connectivity index (χ0v) is 13.0. The molecule has 0 bridgehead atoms. The number of aromatic nitrogens is 1. The maximum Gasteiger partial charge on any atom is 0.233 e. The SMILES string of the molecule is CCc1cccnc1CNC(=O)C(S)Cc1ccccc1. The molecule has 0 saturated carbocycles. The van der Waals surface area contributed by atoms with Gasteiger partial charge in [0.15, 0.2) is 0 Å². The van der Waals surface area contributed by atoms with Crippen molar-refractivity contribution in [1.29, 1.82) is 0 Å². The molecule has 2 rings (SSSR count). The number of hydrogen-bond donors (Lipinski definition) is 2. The van der Waals surface area contributed by atoms with Crippen molar-refractivity contribution in [2.24, 2.45) is 0 Å². The molecule has 1 aromatic carbocycles. The van der Waals surface area contributed by atoms with E-state index in [4.69, 9.17) is 0 Å². The van der Waals surface area contributed by atoms with Crippen molar-refractivity contribution in [3.8, 4) is 0 Å². The molecule has 0 spiro atoms. The highest BCUT2D eigenvalue weighted by Gasteiger charge is 2.14. The zero-order valence-electron chi connectivity index (χ0n) is 12.1. The highest BCUT2D eigenvalue weighted by Crippen LogP contribution is 2.09. The standard InChI is InChI=1S/C17H20N2OS/c1-2-14-9-6-10-18-15(14)12-19-17(20)16(21)11-13-7-4-3-5-8-13/h3-10,16,21H,2,11-12H2,1H3,(H,19,20). The Balaban J connectivity index is 1.89. The predicted octanol–water partition coefficient (Wildman–Crippen LogP) is 2.80. The molecule has 0 fully saturated rings. The summed E-state index contributed by atoms with van der Waals surface area (Å²) in [6.07, 6.45) is 3.29. The van der Waals surface area contributed by atoms with E-state index in [2.05, 4.69) is 29.9 Å². The summed E-state index contributed by atoms with van der Waals surface area (Å²) in [7, 11) is 0. The fourth-order valence-electron chi connectivity index (χ4n) is 2.17. The lowest BCUT2D eigenvalue weighted by Gasteiger charge is -2.12. The molecule has 0 aliphatic carbocycles. The van der Waals surface area contributed by atoms with Gasteiger partial charge in [-0.2, -0.15) is 12.6 Å². The number of nitrogens with zero attached hydrogens (tertiary/aromatic N) is 1. The molecule has 21 heavy (non-hydrogen) atoms. The van der Waals surface area contributed by atoms with Crippen LogP contribution in [0.4, 0.5) is 0 Å². The Morgan fingerprint density at radius 3 is 2.71 bits per heavy atom. The first-order valence-corrected chi connectivity index (χ1v) is 7.64. The lowest BCUT2D eigenvalue weighted by atomic mass is 10.1. The van der Waals surface area contributed by atoms with Gasteiger partial charge in [0.25, 0.3) is 0 Å². The van der Waals surface area contributed by atoms with Gasteiger partial charge < -0.3 is 5.32 Å². The Labute approximate surface area is 131 Å². The van der Waals surface area contributed by atoms with E-state index in [0.29, 0.717) is 13.0 Å². The third-order valence-electron chi connectivity index (χ3n) is 3.37. The smallest absolute Gasteiger partial charge is 0.233 e. The molecule has 1 aromatic heterocycles. The monoisotopic (exact) mass is 300 g/mol. The van der Waals surface area contributed by atoms with E-state index in [1.807, 2.05) is 42.5 Å². The van der Waals surface area contributed by atoms with Gasteiger partial charge in [-0.1, -0.05) is 43.3 Å². The highest BCUT2D eigenvalue weighted by atomic mass is 32.1. The first-order chi connectivity index (χ1) is 10.2. The second kappa shape index (κ2) is 7.84.